The van der Waals surface area contributed by atoms with Crippen LogP contribution in [0.15, 0.2) is 70.9 Å². The molecule has 22 nitrogen and oxygen atoms in total. The third-order valence-electron chi connectivity index (χ3n) is 16.8. The number of carbonyl (C=O) groups is 2. The average Bonchev–Trinajstić information content (AvgIpc) is 3.51. The number of hydrogen-bond donors (Lipinski definition) is 0. The van der Waals surface area contributed by atoms with Gasteiger partial charge in [-0.15, -0.1) is 0 Å². The summed E-state index contributed by atoms with van der Waals surface area (Å²) in [5.74, 6) is -2.67. The summed E-state index contributed by atoms with van der Waals surface area (Å²) in [6, 6.07) is 18.0. The summed E-state index contributed by atoms with van der Waals surface area (Å²) in [6.45, 7) is 22.8. The number of azide groups is 2. The molecule has 0 radical (unpaired) electrons. The highest BCUT2D eigenvalue weighted by Crippen LogP contribution is 2.43. The van der Waals surface area contributed by atoms with E-state index >= 15 is 0 Å². The molecule has 438 valence electrons. The topological polar surface area (TPSA) is 261 Å². The first-order valence-corrected chi connectivity index (χ1v) is 28.0. The Labute approximate surface area is 464 Å². The van der Waals surface area contributed by atoms with Gasteiger partial charge < -0.3 is 66.3 Å². The minimum Gasteiger partial charge on any atom is -0.463 e. The second-order valence-corrected chi connectivity index (χ2v) is 22.1. The molecule has 0 saturated carbocycles. The highest BCUT2D eigenvalue weighted by Gasteiger charge is 2.55. The quantitative estimate of drug-likeness (QED) is 0.0460. The number of benzene rings is 2. The van der Waals surface area contributed by atoms with E-state index in [1.54, 1.807) is 7.11 Å². The fraction of sp³-hybridized carbons (Fsp3) is 0.754. The van der Waals surface area contributed by atoms with Crippen molar-refractivity contribution in [3.05, 3.63) is 92.7 Å². The molecule has 10 unspecified atom stereocenters. The molecule has 0 aromatic heterocycles. The van der Waals surface area contributed by atoms with Crippen molar-refractivity contribution in [3.63, 3.8) is 0 Å². The smallest absolute Gasteiger partial charge is 0.302 e. The maximum atomic E-state index is 12.0. The highest BCUT2D eigenvalue weighted by atomic mass is 16.8. The van der Waals surface area contributed by atoms with Crippen LogP contribution in [0.4, 0.5) is 0 Å². The van der Waals surface area contributed by atoms with Gasteiger partial charge >= 0.3 is 11.9 Å². The lowest BCUT2D eigenvalue weighted by Gasteiger charge is -2.52. The number of methoxy groups -OCH3 is 1. The summed E-state index contributed by atoms with van der Waals surface area (Å²) in [6.07, 6.45) is -10.9. The maximum Gasteiger partial charge on any atom is 0.302 e. The molecule has 5 fully saturated rings. The Morgan fingerprint density at radius 3 is 1.51 bits per heavy atom. The molecule has 5 saturated heterocycles. The van der Waals surface area contributed by atoms with Gasteiger partial charge in [-0.25, -0.2) is 0 Å². The lowest BCUT2D eigenvalue weighted by atomic mass is 9.82. The van der Waals surface area contributed by atoms with Gasteiger partial charge in [0, 0.05) is 48.5 Å². The molecule has 0 spiro atoms. The standard InChI is InChI=1S/C57H84N6O16/c1-14-42-49(78-57-51(70-26-41-23-19-16-20-24-41)34(7)47(36(9)72-57)76-55-45(60-62-58)30(3)29(2)43(74-55)27-67-38(11)64)33(6)46(61-63-59)56(73-42)79-52-37(10)71-54(35(8)50(52)69-25-40-21-17-15-18-22-40)77-48-31(4)32(5)53(66-13)75-44(48)28-68-39(12)65/h15-24,29-37,42-57H,14,25-28H2,1-13H3/t29-,30-,31+,32?,33+,34-,35-,36?,37?,42?,43?,44?,45?,46?,47-,48-,49-,50-,51?,52+,53-,54?,55+,56-,57-/m0/s1. The van der Waals surface area contributed by atoms with Crippen LogP contribution in [-0.2, 0) is 89.1 Å². The van der Waals surface area contributed by atoms with Crippen LogP contribution in [0.1, 0.15) is 101 Å². The van der Waals surface area contributed by atoms with Gasteiger partial charge in [0.1, 0.15) is 31.5 Å². The fourth-order valence-corrected chi connectivity index (χ4v) is 11.7. The van der Waals surface area contributed by atoms with Gasteiger partial charge in [0.05, 0.1) is 74.1 Å². The molecule has 0 bridgehead atoms. The molecule has 25 atom stereocenters. The van der Waals surface area contributed by atoms with E-state index in [0.29, 0.717) is 6.42 Å². The number of rotatable bonds is 22. The normalized spacial score (nSPS) is 40.5. The van der Waals surface area contributed by atoms with Gasteiger partial charge in [0.15, 0.2) is 31.5 Å². The Bertz CT molecular complexity index is 2340. The second kappa shape index (κ2) is 29.0. The summed E-state index contributed by atoms with van der Waals surface area (Å²) < 4.78 is 91.1. The van der Waals surface area contributed by atoms with E-state index < -0.39 is 140 Å². The Kier molecular flexibility index (Phi) is 22.8. The summed E-state index contributed by atoms with van der Waals surface area (Å²) in [7, 11) is 1.59. The summed E-state index contributed by atoms with van der Waals surface area (Å²) >= 11 is 0. The predicted molar refractivity (Wildman–Crippen MR) is 285 cm³/mol. The molecule has 5 heterocycles. The van der Waals surface area contributed by atoms with Crippen LogP contribution < -0.4 is 0 Å². The molecule has 0 amide bonds. The van der Waals surface area contributed by atoms with Crippen molar-refractivity contribution in [1.29, 1.82) is 0 Å². The molecule has 22 heteroatoms. The first-order chi connectivity index (χ1) is 37.9. The van der Waals surface area contributed by atoms with Gasteiger partial charge in [-0.1, -0.05) is 126 Å². The van der Waals surface area contributed by atoms with Crippen LogP contribution >= 0.6 is 0 Å². The van der Waals surface area contributed by atoms with Crippen LogP contribution in [0.3, 0.4) is 0 Å². The number of ether oxygens (including phenoxy) is 14. The van der Waals surface area contributed by atoms with Crippen molar-refractivity contribution < 1.29 is 75.9 Å². The van der Waals surface area contributed by atoms with Gasteiger partial charge in [-0.3, -0.25) is 9.59 Å². The van der Waals surface area contributed by atoms with Crippen LogP contribution in [0, 0.1) is 41.4 Å². The Balaban J connectivity index is 1.12. The van der Waals surface area contributed by atoms with Gasteiger partial charge in [0.2, 0.25) is 0 Å². The van der Waals surface area contributed by atoms with Crippen molar-refractivity contribution in [3.8, 4) is 0 Å². The van der Waals surface area contributed by atoms with E-state index in [1.807, 2.05) is 123 Å². The van der Waals surface area contributed by atoms with E-state index in [9.17, 15) is 20.7 Å². The molecule has 5 aliphatic rings. The number of esters is 2. The largest absolute Gasteiger partial charge is 0.463 e. The zero-order valence-electron chi connectivity index (χ0n) is 48.0. The van der Waals surface area contributed by atoms with E-state index in [4.69, 9.17) is 66.3 Å². The fourth-order valence-electron chi connectivity index (χ4n) is 11.7. The minimum absolute atomic E-state index is 0.00957. The predicted octanol–water partition coefficient (Wildman–Crippen LogP) is 9.36. The first-order valence-electron chi connectivity index (χ1n) is 28.0. The van der Waals surface area contributed by atoms with Crippen LogP contribution in [0.25, 0.3) is 20.9 Å². The molecule has 0 aliphatic carbocycles. The number of hydrogen-bond acceptors (Lipinski definition) is 18. The molecular weight excluding hydrogens is 1020 g/mol. The zero-order valence-corrected chi connectivity index (χ0v) is 48.0. The van der Waals surface area contributed by atoms with E-state index in [1.165, 1.54) is 13.8 Å². The Hall–Kier alpha value is -4.48. The van der Waals surface area contributed by atoms with Gasteiger partial charge in [-0.2, -0.15) is 0 Å². The molecular formula is C57H84N6O16. The number of carbonyl (C=O) groups excluding carboxylic acids is 2. The molecule has 7 rings (SSSR count). The van der Waals surface area contributed by atoms with Gasteiger partial charge in [0.25, 0.3) is 0 Å². The SMILES string of the molecule is CCC1O[C@@H](O[C@@H]2C(C)OC(O[C@@H]3C(COC(C)=O)O[C@H](OC)C(C)[C@H]3C)[C@@H](C)[C@@H]2OCc2ccccc2)C(N=[N+]=[N-])[C@@H](C)[C@@H]1O[C@@H]1OC(C)[C@@H](O[C@H]2OC(COC(C)=O)[C@@H](C)[C@H](C)C2N=[N+]=[N-])[C@H](C)C1OCc1ccccc1. The van der Waals surface area contributed by atoms with Crippen molar-refractivity contribution in [2.45, 2.75) is 213 Å². The van der Waals surface area contributed by atoms with Crippen LogP contribution in [-0.4, -0.2) is 143 Å². The molecule has 2 aromatic carbocycles. The molecule has 5 aliphatic heterocycles. The zero-order chi connectivity index (χ0) is 57.1. The molecule has 0 N–H and O–H groups in total. The van der Waals surface area contributed by atoms with Crippen LogP contribution in [0.2, 0.25) is 0 Å². The summed E-state index contributed by atoms with van der Waals surface area (Å²) in [5.41, 5.74) is 21.7. The number of nitrogens with zero attached hydrogens (tertiary/aromatic N) is 6. The Morgan fingerprint density at radius 2 is 0.949 bits per heavy atom. The Morgan fingerprint density at radius 1 is 0.481 bits per heavy atom. The van der Waals surface area contributed by atoms with Gasteiger partial charge in [-0.05, 0) is 66.1 Å². The third-order valence-corrected chi connectivity index (χ3v) is 16.8. The first kappa shape index (κ1) is 62.1. The highest BCUT2D eigenvalue weighted by molar-refractivity contribution is 5.66. The monoisotopic (exact) mass is 1110 g/mol. The summed E-state index contributed by atoms with van der Waals surface area (Å²) in [5, 5.41) is 8.45. The van der Waals surface area contributed by atoms with E-state index in [0.717, 1.165) is 11.1 Å². The summed E-state index contributed by atoms with van der Waals surface area (Å²) in [4.78, 5) is 30.3. The minimum atomic E-state index is -1.06. The van der Waals surface area contributed by atoms with Crippen molar-refractivity contribution in [2.75, 3.05) is 20.3 Å². The molecule has 79 heavy (non-hydrogen) atoms. The second-order valence-electron chi connectivity index (χ2n) is 22.1. The lowest BCUT2D eigenvalue weighted by Crippen LogP contribution is -2.63. The van der Waals surface area contributed by atoms with E-state index in [-0.39, 0.29) is 50.1 Å². The van der Waals surface area contributed by atoms with E-state index in [2.05, 4.69) is 27.0 Å². The average molecular weight is 1110 g/mol. The third kappa shape index (κ3) is 15.2. The molecule has 2 aromatic rings. The van der Waals surface area contributed by atoms with Crippen molar-refractivity contribution in [1.82, 2.24) is 0 Å². The van der Waals surface area contributed by atoms with Crippen molar-refractivity contribution >= 4 is 11.9 Å². The maximum absolute atomic E-state index is 12.0. The lowest BCUT2D eigenvalue weighted by molar-refractivity contribution is -0.368. The van der Waals surface area contributed by atoms with Crippen LogP contribution in [0.5, 0.6) is 0 Å². The van der Waals surface area contributed by atoms with Crippen molar-refractivity contribution in [2.24, 2.45) is 51.7 Å².